The van der Waals surface area contributed by atoms with E-state index in [4.69, 9.17) is 0 Å². The van der Waals surface area contributed by atoms with Crippen LogP contribution in [0.4, 0.5) is 9.18 Å². The normalized spacial score (nSPS) is 15.2. The topological polar surface area (TPSA) is 76.7 Å². The Labute approximate surface area is 166 Å². The highest BCUT2D eigenvalue weighted by molar-refractivity contribution is 5.94. The highest BCUT2D eigenvalue weighted by Crippen LogP contribution is 2.08. The third-order valence-electron chi connectivity index (χ3n) is 4.91. The number of aryl methyl sites for hydroxylation is 1. The number of rotatable bonds is 9. The molecule has 0 bridgehead atoms. The number of hydrogen-bond acceptors (Lipinski definition) is 4. The Bertz CT molecular complexity index is 647. The van der Waals surface area contributed by atoms with E-state index >= 15 is 0 Å². The monoisotopic (exact) mass is 393 g/mol. The third-order valence-corrected chi connectivity index (χ3v) is 4.91. The van der Waals surface area contributed by atoms with Crippen LogP contribution in [0.3, 0.4) is 0 Å². The standard InChI is InChI=1S/C20H32FN5O2/c1-16-5-6-17(15-18(16)21)19(27)22-8-9-24-20(28)23-7-3-4-10-26-13-11-25(2)12-14-26/h5-6,15H,3-4,7-14H2,1-2H3,(H,22,27)(H2,23,24,28). The third kappa shape index (κ3) is 7.82. The van der Waals surface area contributed by atoms with Gasteiger partial charge in [0, 0.05) is 51.4 Å². The van der Waals surface area contributed by atoms with Crippen LogP contribution < -0.4 is 16.0 Å². The van der Waals surface area contributed by atoms with Crippen molar-refractivity contribution in [1.82, 2.24) is 25.8 Å². The lowest BCUT2D eigenvalue weighted by Crippen LogP contribution is -2.44. The molecule has 0 unspecified atom stereocenters. The lowest BCUT2D eigenvalue weighted by molar-refractivity contribution is 0.0953. The number of hydrogen-bond donors (Lipinski definition) is 3. The molecule has 8 heteroatoms. The number of benzene rings is 1. The van der Waals surface area contributed by atoms with Gasteiger partial charge in [0.25, 0.3) is 5.91 Å². The molecule has 1 saturated heterocycles. The maximum atomic E-state index is 13.5. The molecule has 156 valence electrons. The lowest BCUT2D eigenvalue weighted by atomic mass is 10.1. The number of likely N-dealkylation sites (N-methyl/N-ethyl adjacent to an activating group) is 1. The predicted octanol–water partition coefficient (Wildman–Crippen LogP) is 1.19. The fraction of sp³-hybridized carbons (Fsp3) is 0.600. The summed E-state index contributed by atoms with van der Waals surface area (Å²) in [5.41, 5.74) is 0.770. The van der Waals surface area contributed by atoms with Crippen molar-refractivity contribution in [2.75, 3.05) is 59.4 Å². The van der Waals surface area contributed by atoms with E-state index < -0.39 is 5.82 Å². The van der Waals surface area contributed by atoms with Gasteiger partial charge in [0.2, 0.25) is 0 Å². The van der Waals surface area contributed by atoms with Crippen LogP contribution in [-0.4, -0.2) is 81.1 Å². The molecule has 28 heavy (non-hydrogen) atoms. The Morgan fingerprint density at radius 1 is 1.00 bits per heavy atom. The van der Waals surface area contributed by atoms with E-state index in [-0.39, 0.29) is 24.0 Å². The molecule has 3 amide bonds. The largest absolute Gasteiger partial charge is 0.350 e. The van der Waals surface area contributed by atoms with Crippen molar-refractivity contribution in [2.24, 2.45) is 0 Å². The molecule has 1 heterocycles. The van der Waals surface area contributed by atoms with Crippen LogP contribution in [0.15, 0.2) is 18.2 Å². The fourth-order valence-electron chi connectivity index (χ4n) is 2.98. The van der Waals surface area contributed by atoms with Crippen LogP contribution in [0.1, 0.15) is 28.8 Å². The van der Waals surface area contributed by atoms with Crippen LogP contribution in [0, 0.1) is 12.7 Å². The minimum atomic E-state index is -0.405. The second-order valence-corrected chi connectivity index (χ2v) is 7.25. The van der Waals surface area contributed by atoms with Crippen molar-refractivity contribution in [3.63, 3.8) is 0 Å². The van der Waals surface area contributed by atoms with Gasteiger partial charge in [0.05, 0.1) is 0 Å². The summed E-state index contributed by atoms with van der Waals surface area (Å²) in [6, 6.07) is 4.12. The number of carbonyl (C=O) groups is 2. The first-order valence-corrected chi connectivity index (χ1v) is 9.92. The average Bonchev–Trinajstić information content (AvgIpc) is 2.68. The van der Waals surface area contributed by atoms with Gasteiger partial charge >= 0.3 is 6.03 Å². The molecule has 0 aliphatic carbocycles. The number of carbonyl (C=O) groups excluding carboxylic acids is 2. The van der Waals surface area contributed by atoms with Crippen molar-refractivity contribution < 1.29 is 14.0 Å². The van der Waals surface area contributed by atoms with Gasteiger partial charge in [0.15, 0.2) is 0 Å². The molecular weight excluding hydrogens is 361 g/mol. The number of nitrogens with zero attached hydrogens (tertiary/aromatic N) is 2. The zero-order chi connectivity index (χ0) is 20.4. The first-order valence-electron chi connectivity index (χ1n) is 9.92. The van der Waals surface area contributed by atoms with Gasteiger partial charge in [-0.25, -0.2) is 9.18 Å². The average molecular weight is 394 g/mol. The van der Waals surface area contributed by atoms with Crippen molar-refractivity contribution in [2.45, 2.75) is 19.8 Å². The Morgan fingerprint density at radius 3 is 2.39 bits per heavy atom. The molecule has 1 aromatic rings. The number of urea groups is 1. The quantitative estimate of drug-likeness (QED) is 0.551. The van der Waals surface area contributed by atoms with Crippen LogP contribution in [0.25, 0.3) is 0 Å². The molecule has 0 atom stereocenters. The van der Waals surface area contributed by atoms with Gasteiger partial charge in [-0.15, -0.1) is 0 Å². The van der Waals surface area contributed by atoms with Crippen LogP contribution in [0.2, 0.25) is 0 Å². The molecule has 1 fully saturated rings. The van der Waals surface area contributed by atoms with E-state index in [9.17, 15) is 14.0 Å². The van der Waals surface area contributed by atoms with Crippen LogP contribution in [0.5, 0.6) is 0 Å². The minimum Gasteiger partial charge on any atom is -0.350 e. The molecule has 1 aliphatic rings. The van der Waals surface area contributed by atoms with Gasteiger partial charge in [-0.05, 0) is 51.1 Å². The summed E-state index contributed by atoms with van der Waals surface area (Å²) in [7, 11) is 2.15. The van der Waals surface area contributed by atoms with Gasteiger partial charge in [-0.3, -0.25) is 4.79 Å². The second-order valence-electron chi connectivity index (χ2n) is 7.25. The second kappa shape index (κ2) is 11.6. The van der Waals surface area contributed by atoms with Crippen LogP contribution >= 0.6 is 0 Å². The molecule has 0 saturated carbocycles. The molecule has 3 N–H and O–H groups in total. The van der Waals surface area contributed by atoms with Crippen molar-refractivity contribution >= 4 is 11.9 Å². The maximum Gasteiger partial charge on any atom is 0.314 e. The summed E-state index contributed by atoms with van der Waals surface area (Å²) in [4.78, 5) is 28.5. The van der Waals surface area contributed by atoms with Gasteiger partial charge in [0.1, 0.15) is 5.82 Å². The summed E-state index contributed by atoms with van der Waals surface area (Å²) in [5, 5.41) is 8.18. The number of amides is 3. The van der Waals surface area contributed by atoms with Crippen molar-refractivity contribution in [1.29, 1.82) is 0 Å². The first-order chi connectivity index (χ1) is 13.5. The smallest absolute Gasteiger partial charge is 0.314 e. The molecule has 1 aromatic carbocycles. The van der Waals surface area contributed by atoms with Gasteiger partial charge in [-0.1, -0.05) is 6.07 Å². The Morgan fingerprint density at radius 2 is 1.68 bits per heavy atom. The Kier molecular flexibility index (Phi) is 9.16. The van der Waals surface area contributed by atoms with Crippen LogP contribution in [-0.2, 0) is 0 Å². The molecule has 1 aliphatic heterocycles. The van der Waals surface area contributed by atoms with E-state index in [1.165, 1.54) is 6.07 Å². The number of unbranched alkanes of at least 4 members (excludes halogenated alkanes) is 1. The number of halogens is 1. The summed E-state index contributed by atoms with van der Waals surface area (Å²) >= 11 is 0. The van der Waals surface area contributed by atoms with E-state index in [0.717, 1.165) is 45.6 Å². The predicted molar refractivity (Wildman–Crippen MR) is 108 cm³/mol. The number of nitrogens with one attached hydrogen (secondary N) is 3. The molecule has 0 spiro atoms. The zero-order valence-corrected chi connectivity index (χ0v) is 16.9. The van der Waals surface area contributed by atoms with E-state index in [1.54, 1.807) is 19.1 Å². The van der Waals surface area contributed by atoms with Crippen molar-refractivity contribution in [3.05, 3.63) is 35.1 Å². The fourth-order valence-corrected chi connectivity index (χ4v) is 2.98. The van der Waals surface area contributed by atoms with Gasteiger partial charge < -0.3 is 25.8 Å². The summed E-state index contributed by atoms with van der Waals surface area (Å²) < 4.78 is 13.5. The van der Waals surface area contributed by atoms with E-state index in [1.807, 2.05) is 0 Å². The molecule has 0 radical (unpaired) electrons. The van der Waals surface area contributed by atoms with E-state index in [2.05, 4.69) is 32.8 Å². The zero-order valence-electron chi connectivity index (χ0n) is 16.9. The SMILES string of the molecule is Cc1ccc(C(=O)NCCNC(=O)NCCCCN2CCN(C)CC2)cc1F. The summed E-state index contributed by atoms with van der Waals surface area (Å²) in [5.74, 6) is -0.761. The number of piperazine rings is 1. The van der Waals surface area contributed by atoms with Gasteiger partial charge in [-0.2, -0.15) is 0 Å². The Balaban J connectivity index is 1.48. The lowest BCUT2D eigenvalue weighted by Gasteiger charge is -2.32. The maximum absolute atomic E-state index is 13.5. The molecule has 7 nitrogen and oxygen atoms in total. The van der Waals surface area contributed by atoms with E-state index in [0.29, 0.717) is 18.7 Å². The Hall–Kier alpha value is -2.19. The van der Waals surface area contributed by atoms with Crippen molar-refractivity contribution in [3.8, 4) is 0 Å². The summed E-state index contributed by atoms with van der Waals surface area (Å²) in [6.07, 6.45) is 2.00. The molecule has 0 aromatic heterocycles. The molecular formula is C20H32FN5O2. The summed E-state index contributed by atoms with van der Waals surface area (Å²) in [6.45, 7) is 8.42. The highest BCUT2D eigenvalue weighted by atomic mass is 19.1. The minimum absolute atomic E-state index is 0.241. The molecule has 2 rings (SSSR count). The first kappa shape index (κ1) is 22.1. The highest BCUT2D eigenvalue weighted by Gasteiger charge is 2.12.